The number of rotatable bonds is 4. The van der Waals surface area contributed by atoms with Crippen LogP contribution in [0.25, 0.3) is 0 Å². The molecule has 102 valence electrons. The molecule has 3 amide bonds. The predicted octanol–water partition coefficient (Wildman–Crippen LogP) is 0.0834. The van der Waals surface area contributed by atoms with Crippen molar-refractivity contribution in [2.45, 2.75) is 12.5 Å². The molecule has 3 N–H and O–H groups in total. The van der Waals surface area contributed by atoms with Gasteiger partial charge in [-0.1, -0.05) is 18.2 Å². The summed E-state index contributed by atoms with van der Waals surface area (Å²) in [5.41, 5.74) is 0.840. The maximum atomic E-state index is 11.9. The molecule has 6 nitrogen and oxygen atoms in total. The molecule has 1 aliphatic rings. The SMILES string of the molecule is O=C(NCCO)NC1CC(=O)N(c2ccccc2)C1. The molecule has 1 fully saturated rings. The summed E-state index contributed by atoms with van der Waals surface area (Å²) in [6.45, 7) is 0.567. The van der Waals surface area contributed by atoms with Crippen molar-refractivity contribution in [3.8, 4) is 0 Å². The van der Waals surface area contributed by atoms with Gasteiger partial charge in [0.2, 0.25) is 5.91 Å². The van der Waals surface area contributed by atoms with Crippen molar-refractivity contribution in [1.82, 2.24) is 10.6 Å². The fraction of sp³-hybridized carbons (Fsp3) is 0.385. The first-order chi connectivity index (χ1) is 9.20. The van der Waals surface area contributed by atoms with E-state index in [9.17, 15) is 9.59 Å². The Morgan fingerprint density at radius 3 is 2.79 bits per heavy atom. The van der Waals surface area contributed by atoms with Gasteiger partial charge in [0, 0.05) is 25.2 Å². The number of para-hydroxylation sites is 1. The molecular formula is C13H17N3O3. The van der Waals surface area contributed by atoms with Crippen LogP contribution in [0.3, 0.4) is 0 Å². The minimum absolute atomic E-state index is 0.00124. The highest BCUT2D eigenvalue weighted by Gasteiger charge is 2.31. The molecule has 0 aliphatic carbocycles. The Morgan fingerprint density at radius 2 is 2.11 bits per heavy atom. The smallest absolute Gasteiger partial charge is 0.315 e. The summed E-state index contributed by atoms with van der Waals surface area (Å²) in [5, 5.41) is 13.8. The van der Waals surface area contributed by atoms with Crippen LogP contribution in [0.15, 0.2) is 30.3 Å². The molecule has 2 rings (SSSR count). The molecule has 19 heavy (non-hydrogen) atoms. The Kier molecular flexibility index (Phi) is 4.35. The third-order valence-electron chi connectivity index (χ3n) is 2.93. The lowest BCUT2D eigenvalue weighted by atomic mass is 10.2. The van der Waals surface area contributed by atoms with E-state index < -0.39 is 0 Å². The van der Waals surface area contributed by atoms with Crippen LogP contribution in [0.1, 0.15) is 6.42 Å². The van der Waals surface area contributed by atoms with E-state index in [2.05, 4.69) is 10.6 Å². The van der Waals surface area contributed by atoms with Crippen LogP contribution in [-0.4, -0.2) is 42.8 Å². The second-order valence-corrected chi connectivity index (χ2v) is 4.36. The van der Waals surface area contributed by atoms with Crippen molar-refractivity contribution in [3.63, 3.8) is 0 Å². The monoisotopic (exact) mass is 263 g/mol. The number of carbonyl (C=O) groups excluding carboxylic acids is 2. The maximum absolute atomic E-state index is 11.9. The first-order valence-corrected chi connectivity index (χ1v) is 6.21. The molecule has 1 aromatic rings. The van der Waals surface area contributed by atoms with Gasteiger partial charge < -0.3 is 20.6 Å². The molecule has 0 spiro atoms. The molecule has 0 aromatic heterocycles. The molecule has 0 saturated carbocycles. The summed E-state index contributed by atoms with van der Waals surface area (Å²) >= 11 is 0. The summed E-state index contributed by atoms with van der Waals surface area (Å²) in [6, 6.07) is 8.81. The molecule has 1 aromatic carbocycles. The molecule has 1 unspecified atom stereocenters. The van der Waals surface area contributed by atoms with Gasteiger partial charge >= 0.3 is 6.03 Å². The lowest BCUT2D eigenvalue weighted by molar-refractivity contribution is -0.117. The number of hydrogen-bond acceptors (Lipinski definition) is 3. The van der Waals surface area contributed by atoms with Crippen LogP contribution in [0.5, 0.6) is 0 Å². The number of nitrogens with zero attached hydrogens (tertiary/aromatic N) is 1. The van der Waals surface area contributed by atoms with Crippen molar-refractivity contribution >= 4 is 17.6 Å². The Hall–Kier alpha value is -2.08. The number of amides is 3. The van der Waals surface area contributed by atoms with E-state index in [1.54, 1.807) is 4.90 Å². The van der Waals surface area contributed by atoms with E-state index in [0.29, 0.717) is 13.0 Å². The molecule has 1 atom stereocenters. The summed E-state index contributed by atoms with van der Waals surface area (Å²) in [5.74, 6) is -0.00124. The number of benzene rings is 1. The van der Waals surface area contributed by atoms with Gasteiger partial charge in [-0.3, -0.25) is 4.79 Å². The number of aliphatic hydroxyl groups excluding tert-OH is 1. The second kappa shape index (κ2) is 6.19. The predicted molar refractivity (Wildman–Crippen MR) is 70.8 cm³/mol. The number of aliphatic hydroxyl groups is 1. The highest BCUT2D eigenvalue weighted by atomic mass is 16.3. The van der Waals surface area contributed by atoms with Gasteiger partial charge in [0.05, 0.1) is 12.6 Å². The van der Waals surface area contributed by atoms with Crippen LogP contribution < -0.4 is 15.5 Å². The van der Waals surface area contributed by atoms with Crippen molar-refractivity contribution in [3.05, 3.63) is 30.3 Å². The minimum atomic E-state index is -0.359. The van der Waals surface area contributed by atoms with Crippen molar-refractivity contribution in [2.75, 3.05) is 24.6 Å². The fourth-order valence-electron chi connectivity index (χ4n) is 2.07. The van der Waals surface area contributed by atoms with E-state index in [0.717, 1.165) is 5.69 Å². The van der Waals surface area contributed by atoms with Crippen LogP contribution >= 0.6 is 0 Å². The summed E-state index contributed by atoms with van der Waals surface area (Å²) < 4.78 is 0. The van der Waals surface area contributed by atoms with Crippen LogP contribution in [0, 0.1) is 0 Å². The van der Waals surface area contributed by atoms with Crippen molar-refractivity contribution in [2.24, 2.45) is 0 Å². The zero-order valence-corrected chi connectivity index (χ0v) is 10.5. The van der Waals surface area contributed by atoms with Crippen molar-refractivity contribution < 1.29 is 14.7 Å². The van der Waals surface area contributed by atoms with Gasteiger partial charge in [0.15, 0.2) is 0 Å². The van der Waals surface area contributed by atoms with Crippen LogP contribution in [0.4, 0.5) is 10.5 Å². The molecule has 0 bridgehead atoms. The van der Waals surface area contributed by atoms with E-state index >= 15 is 0 Å². The Labute approximate surface area is 111 Å². The lowest BCUT2D eigenvalue weighted by Crippen LogP contribution is -2.44. The lowest BCUT2D eigenvalue weighted by Gasteiger charge is -2.17. The maximum Gasteiger partial charge on any atom is 0.315 e. The highest BCUT2D eigenvalue weighted by Crippen LogP contribution is 2.20. The highest BCUT2D eigenvalue weighted by molar-refractivity contribution is 5.96. The van der Waals surface area contributed by atoms with Gasteiger partial charge in [-0.15, -0.1) is 0 Å². The number of urea groups is 1. The third-order valence-corrected chi connectivity index (χ3v) is 2.93. The molecule has 6 heteroatoms. The van der Waals surface area contributed by atoms with Crippen LogP contribution in [0.2, 0.25) is 0 Å². The number of anilines is 1. The molecule has 1 heterocycles. The quantitative estimate of drug-likeness (QED) is 0.719. The Bertz CT molecular complexity index is 450. The second-order valence-electron chi connectivity index (χ2n) is 4.36. The summed E-state index contributed by atoms with van der Waals surface area (Å²) in [6.07, 6.45) is 0.293. The first-order valence-electron chi connectivity index (χ1n) is 6.21. The third kappa shape index (κ3) is 3.45. The fourth-order valence-corrected chi connectivity index (χ4v) is 2.07. The van der Waals surface area contributed by atoms with Gasteiger partial charge in [0.1, 0.15) is 0 Å². The number of hydrogen-bond donors (Lipinski definition) is 3. The van der Waals surface area contributed by atoms with E-state index in [4.69, 9.17) is 5.11 Å². The van der Waals surface area contributed by atoms with E-state index in [1.165, 1.54) is 0 Å². The number of carbonyl (C=O) groups is 2. The van der Waals surface area contributed by atoms with E-state index in [1.807, 2.05) is 30.3 Å². The molecule has 0 radical (unpaired) electrons. The Morgan fingerprint density at radius 1 is 1.37 bits per heavy atom. The molecular weight excluding hydrogens is 246 g/mol. The van der Waals surface area contributed by atoms with Crippen molar-refractivity contribution in [1.29, 1.82) is 0 Å². The molecule has 1 aliphatic heterocycles. The van der Waals surface area contributed by atoms with E-state index in [-0.39, 0.29) is 31.1 Å². The normalized spacial score (nSPS) is 18.5. The number of nitrogens with one attached hydrogen (secondary N) is 2. The summed E-state index contributed by atoms with van der Waals surface area (Å²) in [4.78, 5) is 25.0. The first kappa shape index (κ1) is 13.4. The zero-order chi connectivity index (χ0) is 13.7. The van der Waals surface area contributed by atoms with Gasteiger partial charge in [0.25, 0.3) is 0 Å². The Balaban J connectivity index is 1.91. The van der Waals surface area contributed by atoms with Gasteiger partial charge in [-0.05, 0) is 12.1 Å². The average Bonchev–Trinajstić information content (AvgIpc) is 2.78. The zero-order valence-electron chi connectivity index (χ0n) is 10.5. The largest absolute Gasteiger partial charge is 0.395 e. The summed E-state index contributed by atoms with van der Waals surface area (Å²) in [7, 11) is 0. The van der Waals surface area contributed by atoms with Gasteiger partial charge in [-0.25, -0.2) is 4.79 Å². The van der Waals surface area contributed by atoms with Crippen LogP contribution in [-0.2, 0) is 4.79 Å². The minimum Gasteiger partial charge on any atom is -0.395 e. The standard InChI is InChI=1S/C13H17N3O3/c17-7-6-14-13(19)15-10-8-12(18)16(9-10)11-4-2-1-3-5-11/h1-5,10,17H,6-9H2,(H2,14,15,19). The van der Waals surface area contributed by atoms with Gasteiger partial charge in [-0.2, -0.15) is 0 Å². The average molecular weight is 263 g/mol. The molecule has 1 saturated heterocycles. The topological polar surface area (TPSA) is 81.7 Å².